The van der Waals surface area contributed by atoms with E-state index in [1.54, 1.807) is 0 Å². The van der Waals surface area contributed by atoms with Crippen LogP contribution in [-0.4, -0.2) is 32.3 Å². The fourth-order valence-corrected chi connectivity index (χ4v) is 2.85. The molecule has 21 heavy (non-hydrogen) atoms. The fourth-order valence-electron chi connectivity index (χ4n) is 2.85. The molecule has 1 heterocycles. The number of nitrogens with one attached hydrogen (secondary N) is 1. The van der Waals surface area contributed by atoms with Crippen molar-refractivity contribution < 1.29 is 4.74 Å². The van der Waals surface area contributed by atoms with Crippen LogP contribution >= 0.6 is 0 Å². The second-order valence-electron chi connectivity index (χ2n) is 6.63. The van der Waals surface area contributed by atoms with Crippen LogP contribution in [0.25, 0.3) is 0 Å². The van der Waals surface area contributed by atoms with Gasteiger partial charge in [-0.15, -0.1) is 0 Å². The van der Waals surface area contributed by atoms with Gasteiger partial charge in [-0.25, -0.2) is 0 Å². The Kier molecular flexibility index (Phi) is 5.92. The Morgan fingerprint density at radius 3 is 2.67 bits per heavy atom. The average Bonchev–Trinajstić information content (AvgIpc) is 2.68. The predicted molar refractivity (Wildman–Crippen MR) is 90.2 cm³/mol. The van der Waals surface area contributed by atoms with E-state index in [0.29, 0.717) is 17.9 Å². The van der Waals surface area contributed by atoms with Crippen molar-refractivity contribution >= 4 is 5.69 Å². The Labute approximate surface area is 129 Å². The molecule has 0 spiro atoms. The van der Waals surface area contributed by atoms with Gasteiger partial charge >= 0.3 is 0 Å². The SMILES string of the molecule is CC(C)CNCC(C)C(C)N1CCCOc2ccccc21. The molecule has 3 heteroatoms. The molecule has 0 saturated heterocycles. The highest BCUT2D eigenvalue weighted by Gasteiger charge is 2.24. The number of fused-ring (bicyclic) bond motifs is 1. The summed E-state index contributed by atoms with van der Waals surface area (Å²) in [6.07, 6.45) is 1.09. The molecular weight excluding hydrogens is 260 g/mol. The van der Waals surface area contributed by atoms with Crippen molar-refractivity contribution in [3.8, 4) is 5.75 Å². The number of anilines is 1. The molecule has 0 radical (unpaired) electrons. The second kappa shape index (κ2) is 7.69. The number of hydrogen-bond acceptors (Lipinski definition) is 3. The molecule has 0 bridgehead atoms. The molecule has 2 rings (SSSR count). The van der Waals surface area contributed by atoms with Crippen molar-refractivity contribution in [3.63, 3.8) is 0 Å². The Bertz CT molecular complexity index is 433. The summed E-state index contributed by atoms with van der Waals surface area (Å²) in [5, 5.41) is 3.59. The molecule has 0 fully saturated rings. The Morgan fingerprint density at radius 1 is 1.14 bits per heavy atom. The molecule has 0 saturated carbocycles. The molecule has 1 aliphatic rings. The third-order valence-corrected chi connectivity index (χ3v) is 4.31. The highest BCUT2D eigenvalue weighted by atomic mass is 16.5. The Hall–Kier alpha value is -1.22. The smallest absolute Gasteiger partial charge is 0.142 e. The lowest BCUT2D eigenvalue weighted by molar-refractivity contribution is 0.321. The van der Waals surface area contributed by atoms with Crippen LogP contribution in [-0.2, 0) is 0 Å². The van der Waals surface area contributed by atoms with Gasteiger partial charge in [0.05, 0.1) is 12.3 Å². The lowest BCUT2D eigenvalue weighted by atomic mass is 10.0. The number of benzene rings is 1. The van der Waals surface area contributed by atoms with Gasteiger partial charge in [0.15, 0.2) is 0 Å². The number of nitrogens with zero attached hydrogens (tertiary/aromatic N) is 1. The zero-order valence-electron chi connectivity index (χ0n) is 13.9. The maximum absolute atomic E-state index is 5.86. The van der Waals surface area contributed by atoms with E-state index in [-0.39, 0.29) is 0 Å². The van der Waals surface area contributed by atoms with E-state index in [2.05, 4.69) is 62.2 Å². The number of rotatable bonds is 6. The summed E-state index contributed by atoms with van der Waals surface area (Å²) < 4.78 is 5.86. The van der Waals surface area contributed by atoms with Crippen molar-refractivity contribution in [2.24, 2.45) is 11.8 Å². The first-order valence-electron chi connectivity index (χ1n) is 8.28. The average molecular weight is 290 g/mol. The van der Waals surface area contributed by atoms with Gasteiger partial charge in [-0.2, -0.15) is 0 Å². The van der Waals surface area contributed by atoms with E-state index in [1.165, 1.54) is 5.69 Å². The lowest BCUT2D eigenvalue weighted by Gasteiger charge is -2.34. The van der Waals surface area contributed by atoms with Crippen LogP contribution in [0.3, 0.4) is 0 Å². The van der Waals surface area contributed by atoms with E-state index in [0.717, 1.165) is 38.4 Å². The molecule has 1 aliphatic heterocycles. The molecular formula is C18H30N2O. The summed E-state index contributed by atoms with van der Waals surface area (Å²) in [6.45, 7) is 13.2. The largest absolute Gasteiger partial charge is 0.491 e. The molecule has 0 aliphatic carbocycles. The summed E-state index contributed by atoms with van der Waals surface area (Å²) in [5.74, 6) is 2.35. The van der Waals surface area contributed by atoms with E-state index >= 15 is 0 Å². The minimum Gasteiger partial charge on any atom is -0.491 e. The highest BCUT2D eigenvalue weighted by molar-refractivity contribution is 5.59. The van der Waals surface area contributed by atoms with Crippen molar-refractivity contribution in [1.29, 1.82) is 0 Å². The van der Waals surface area contributed by atoms with Crippen LogP contribution in [0, 0.1) is 11.8 Å². The molecule has 118 valence electrons. The van der Waals surface area contributed by atoms with Crippen LogP contribution in [0.15, 0.2) is 24.3 Å². The van der Waals surface area contributed by atoms with E-state index in [9.17, 15) is 0 Å². The summed E-state index contributed by atoms with van der Waals surface area (Å²) in [6, 6.07) is 8.94. The molecule has 1 aromatic rings. The van der Waals surface area contributed by atoms with Crippen molar-refractivity contribution in [2.75, 3.05) is 31.1 Å². The van der Waals surface area contributed by atoms with Gasteiger partial charge in [0, 0.05) is 12.6 Å². The Balaban J connectivity index is 2.02. The topological polar surface area (TPSA) is 24.5 Å². The van der Waals surface area contributed by atoms with Crippen LogP contribution < -0.4 is 15.0 Å². The first kappa shape index (κ1) is 16.2. The fraction of sp³-hybridized carbons (Fsp3) is 0.667. The second-order valence-corrected chi connectivity index (χ2v) is 6.63. The zero-order valence-corrected chi connectivity index (χ0v) is 13.9. The van der Waals surface area contributed by atoms with Gasteiger partial charge in [-0.1, -0.05) is 32.9 Å². The third kappa shape index (κ3) is 4.37. The van der Waals surface area contributed by atoms with Crippen LogP contribution in [0.4, 0.5) is 5.69 Å². The first-order chi connectivity index (χ1) is 10.1. The molecule has 3 nitrogen and oxygen atoms in total. The monoisotopic (exact) mass is 290 g/mol. The van der Waals surface area contributed by atoms with Crippen molar-refractivity contribution in [3.05, 3.63) is 24.3 Å². The number of ether oxygens (including phenoxy) is 1. The molecule has 0 aromatic heterocycles. The van der Waals surface area contributed by atoms with E-state index < -0.39 is 0 Å². The van der Waals surface area contributed by atoms with Gasteiger partial charge in [-0.3, -0.25) is 0 Å². The minimum absolute atomic E-state index is 0.507. The standard InChI is InChI=1S/C18H30N2O/c1-14(2)12-19-13-15(3)16(4)20-10-7-11-21-18-9-6-5-8-17(18)20/h5-6,8-9,14-16,19H,7,10-13H2,1-4H3. The molecule has 2 unspecified atom stereocenters. The first-order valence-corrected chi connectivity index (χ1v) is 8.28. The quantitative estimate of drug-likeness (QED) is 0.867. The normalized spacial score (nSPS) is 17.9. The van der Waals surface area contributed by atoms with Crippen molar-refractivity contribution in [1.82, 2.24) is 5.32 Å². The zero-order chi connectivity index (χ0) is 15.2. The third-order valence-electron chi connectivity index (χ3n) is 4.31. The van der Waals surface area contributed by atoms with Crippen LogP contribution in [0.1, 0.15) is 34.1 Å². The highest BCUT2D eigenvalue weighted by Crippen LogP contribution is 2.33. The summed E-state index contributed by atoms with van der Waals surface area (Å²) in [4.78, 5) is 2.52. The van der Waals surface area contributed by atoms with E-state index in [4.69, 9.17) is 4.74 Å². The van der Waals surface area contributed by atoms with Gasteiger partial charge < -0.3 is 15.0 Å². The summed E-state index contributed by atoms with van der Waals surface area (Å²) >= 11 is 0. The summed E-state index contributed by atoms with van der Waals surface area (Å²) in [7, 11) is 0. The molecule has 1 N–H and O–H groups in total. The molecule has 1 aromatic carbocycles. The number of hydrogen-bond donors (Lipinski definition) is 1. The van der Waals surface area contributed by atoms with Gasteiger partial charge in [-0.05, 0) is 50.4 Å². The maximum Gasteiger partial charge on any atom is 0.142 e. The van der Waals surface area contributed by atoms with Crippen molar-refractivity contribution in [2.45, 2.75) is 40.2 Å². The predicted octanol–water partition coefficient (Wildman–Crippen LogP) is 3.55. The Morgan fingerprint density at radius 2 is 1.90 bits per heavy atom. The summed E-state index contributed by atoms with van der Waals surface area (Å²) in [5.41, 5.74) is 1.25. The van der Waals surface area contributed by atoms with Gasteiger partial charge in [0.1, 0.15) is 5.75 Å². The van der Waals surface area contributed by atoms with E-state index in [1.807, 2.05) is 0 Å². The molecule has 2 atom stereocenters. The van der Waals surface area contributed by atoms with Gasteiger partial charge in [0.25, 0.3) is 0 Å². The maximum atomic E-state index is 5.86. The number of para-hydroxylation sites is 2. The molecule has 0 amide bonds. The lowest BCUT2D eigenvalue weighted by Crippen LogP contribution is -2.42. The van der Waals surface area contributed by atoms with Crippen LogP contribution in [0.5, 0.6) is 5.75 Å². The van der Waals surface area contributed by atoms with Gasteiger partial charge in [0.2, 0.25) is 0 Å². The van der Waals surface area contributed by atoms with Crippen LogP contribution in [0.2, 0.25) is 0 Å². The minimum atomic E-state index is 0.507.